The van der Waals surface area contributed by atoms with Crippen LogP contribution in [-0.4, -0.2) is 44.9 Å². The lowest BCUT2D eigenvalue weighted by molar-refractivity contribution is 0.0953. The van der Waals surface area contributed by atoms with Crippen LogP contribution in [0.15, 0.2) is 42.6 Å². The lowest BCUT2D eigenvalue weighted by Crippen LogP contribution is -2.25. The summed E-state index contributed by atoms with van der Waals surface area (Å²) in [7, 11) is 3.24. The number of carbonyl (C=O) groups excluding carboxylic acids is 1. The van der Waals surface area contributed by atoms with Crippen molar-refractivity contribution in [2.75, 3.05) is 34.0 Å². The molecule has 1 N–H and O–H groups in total. The summed E-state index contributed by atoms with van der Waals surface area (Å²) >= 11 is 0. The molecule has 0 saturated carbocycles. The molecule has 6 heteroatoms. The molecule has 24 heavy (non-hydrogen) atoms. The highest BCUT2D eigenvalue weighted by Crippen LogP contribution is 2.17. The SMILES string of the molecule is COCCOc1cc(C(=O)NCCc2ccccc2OC)ccn1. The van der Waals surface area contributed by atoms with Crippen LogP contribution in [0.1, 0.15) is 15.9 Å². The van der Waals surface area contributed by atoms with Crippen molar-refractivity contribution in [2.45, 2.75) is 6.42 Å². The van der Waals surface area contributed by atoms with Gasteiger partial charge >= 0.3 is 0 Å². The van der Waals surface area contributed by atoms with E-state index in [1.165, 1.54) is 0 Å². The Bertz CT molecular complexity index is 661. The third-order valence-electron chi connectivity index (χ3n) is 3.41. The van der Waals surface area contributed by atoms with Gasteiger partial charge in [-0.2, -0.15) is 0 Å². The first-order chi connectivity index (χ1) is 11.7. The van der Waals surface area contributed by atoms with Gasteiger partial charge in [-0.05, 0) is 24.1 Å². The van der Waals surface area contributed by atoms with Gasteiger partial charge in [-0.1, -0.05) is 18.2 Å². The molecule has 1 aromatic heterocycles. The number of pyridine rings is 1. The Balaban J connectivity index is 1.87. The number of hydrogen-bond acceptors (Lipinski definition) is 5. The average Bonchev–Trinajstić information content (AvgIpc) is 2.62. The molecular formula is C18H22N2O4. The molecule has 2 rings (SSSR count). The number of amides is 1. The summed E-state index contributed by atoms with van der Waals surface area (Å²) in [6.45, 7) is 1.38. The number of aromatic nitrogens is 1. The standard InChI is InChI=1S/C18H22N2O4/c1-22-11-12-24-17-13-15(8-9-19-17)18(21)20-10-7-14-5-3-4-6-16(14)23-2/h3-6,8-9,13H,7,10-12H2,1-2H3,(H,20,21). The summed E-state index contributed by atoms with van der Waals surface area (Å²) in [6, 6.07) is 11.0. The number of rotatable bonds is 9. The summed E-state index contributed by atoms with van der Waals surface area (Å²) < 4.78 is 15.6. The second kappa shape index (κ2) is 9.52. The number of ether oxygens (including phenoxy) is 3. The maximum atomic E-state index is 12.2. The number of carbonyl (C=O) groups is 1. The summed E-state index contributed by atoms with van der Waals surface area (Å²) in [5.74, 6) is 1.07. The Kier molecular flexibility index (Phi) is 7.04. The molecule has 0 unspecified atom stereocenters. The van der Waals surface area contributed by atoms with Crippen molar-refractivity contribution in [1.29, 1.82) is 0 Å². The largest absolute Gasteiger partial charge is 0.496 e. The molecule has 1 aromatic carbocycles. The van der Waals surface area contributed by atoms with E-state index in [1.54, 1.807) is 32.5 Å². The highest BCUT2D eigenvalue weighted by atomic mass is 16.5. The van der Waals surface area contributed by atoms with Crippen molar-refractivity contribution in [1.82, 2.24) is 10.3 Å². The van der Waals surface area contributed by atoms with Crippen molar-refractivity contribution >= 4 is 5.91 Å². The van der Waals surface area contributed by atoms with Crippen molar-refractivity contribution in [3.05, 3.63) is 53.7 Å². The van der Waals surface area contributed by atoms with E-state index in [2.05, 4.69) is 10.3 Å². The predicted octanol–water partition coefficient (Wildman–Crippen LogP) is 2.09. The fraction of sp³-hybridized carbons (Fsp3) is 0.333. The molecule has 0 bridgehead atoms. The van der Waals surface area contributed by atoms with E-state index in [9.17, 15) is 4.79 Å². The molecular weight excluding hydrogens is 308 g/mol. The fourth-order valence-corrected chi connectivity index (χ4v) is 2.18. The van der Waals surface area contributed by atoms with Crippen LogP contribution in [-0.2, 0) is 11.2 Å². The van der Waals surface area contributed by atoms with E-state index in [-0.39, 0.29) is 5.91 Å². The lowest BCUT2D eigenvalue weighted by Gasteiger charge is -2.10. The molecule has 0 fully saturated rings. The molecule has 128 valence electrons. The van der Waals surface area contributed by atoms with Gasteiger partial charge < -0.3 is 19.5 Å². The zero-order chi connectivity index (χ0) is 17.2. The molecule has 0 aliphatic rings. The number of hydrogen-bond donors (Lipinski definition) is 1. The summed E-state index contributed by atoms with van der Waals surface area (Å²) in [5, 5.41) is 2.89. The van der Waals surface area contributed by atoms with E-state index in [0.29, 0.717) is 37.6 Å². The van der Waals surface area contributed by atoms with E-state index in [0.717, 1.165) is 11.3 Å². The molecule has 0 atom stereocenters. The molecule has 0 spiro atoms. The maximum absolute atomic E-state index is 12.2. The van der Waals surface area contributed by atoms with Crippen LogP contribution in [0.25, 0.3) is 0 Å². The minimum atomic E-state index is -0.163. The second-order valence-electron chi connectivity index (χ2n) is 5.04. The van der Waals surface area contributed by atoms with E-state index in [4.69, 9.17) is 14.2 Å². The summed E-state index contributed by atoms with van der Waals surface area (Å²) in [4.78, 5) is 16.3. The van der Waals surface area contributed by atoms with Gasteiger partial charge in [0.25, 0.3) is 5.91 Å². The Labute approximate surface area is 141 Å². The first-order valence-electron chi connectivity index (χ1n) is 7.72. The van der Waals surface area contributed by atoms with Gasteiger partial charge in [0.1, 0.15) is 12.4 Å². The molecule has 1 heterocycles. The summed E-state index contributed by atoms with van der Waals surface area (Å²) in [5.41, 5.74) is 1.57. The molecule has 0 aliphatic carbocycles. The molecule has 1 amide bonds. The Morgan fingerprint density at radius 3 is 2.79 bits per heavy atom. The van der Waals surface area contributed by atoms with E-state index < -0.39 is 0 Å². The Hall–Kier alpha value is -2.60. The minimum Gasteiger partial charge on any atom is -0.496 e. The van der Waals surface area contributed by atoms with Crippen LogP contribution in [0, 0.1) is 0 Å². The van der Waals surface area contributed by atoms with Crippen LogP contribution in [0.3, 0.4) is 0 Å². The Morgan fingerprint density at radius 2 is 2.00 bits per heavy atom. The number of nitrogens with zero attached hydrogens (tertiary/aromatic N) is 1. The van der Waals surface area contributed by atoms with Gasteiger partial charge in [0.2, 0.25) is 5.88 Å². The predicted molar refractivity (Wildman–Crippen MR) is 90.6 cm³/mol. The van der Waals surface area contributed by atoms with Gasteiger partial charge in [-0.3, -0.25) is 4.79 Å². The van der Waals surface area contributed by atoms with Gasteiger partial charge in [0, 0.05) is 31.5 Å². The molecule has 0 saturated heterocycles. The topological polar surface area (TPSA) is 69.7 Å². The van der Waals surface area contributed by atoms with Crippen molar-refractivity contribution in [3.63, 3.8) is 0 Å². The van der Waals surface area contributed by atoms with Gasteiger partial charge in [0.05, 0.1) is 13.7 Å². The third-order valence-corrected chi connectivity index (χ3v) is 3.41. The lowest BCUT2D eigenvalue weighted by atomic mass is 10.1. The van der Waals surface area contributed by atoms with Gasteiger partial charge in [-0.25, -0.2) is 4.98 Å². The fourth-order valence-electron chi connectivity index (χ4n) is 2.18. The monoisotopic (exact) mass is 330 g/mol. The maximum Gasteiger partial charge on any atom is 0.251 e. The van der Waals surface area contributed by atoms with Crippen LogP contribution in [0.4, 0.5) is 0 Å². The number of nitrogens with one attached hydrogen (secondary N) is 1. The summed E-state index contributed by atoms with van der Waals surface area (Å²) in [6.07, 6.45) is 2.25. The van der Waals surface area contributed by atoms with Crippen LogP contribution in [0.5, 0.6) is 11.6 Å². The van der Waals surface area contributed by atoms with Gasteiger partial charge in [0.15, 0.2) is 0 Å². The first-order valence-corrected chi connectivity index (χ1v) is 7.72. The third kappa shape index (κ3) is 5.24. The zero-order valence-electron chi connectivity index (χ0n) is 14.0. The van der Waals surface area contributed by atoms with E-state index in [1.807, 2.05) is 24.3 Å². The zero-order valence-corrected chi connectivity index (χ0v) is 14.0. The normalized spacial score (nSPS) is 10.2. The second-order valence-corrected chi connectivity index (χ2v) is 5.04. The number of benzene rings is 1. The van der Waals surface area contributed by atoms with Gasteiger partial charge in [-0.15, -0.1) is 0 Å². The first kappa shape index (κ1) is 17.7. The number of para-hydroxylation sites is 1. The van der Waals surface area contributed by atoms with Crippen molar-refractivity contribution in [3.8, 4) is 11.6 Å². The smallest absolute Gasteiger partial charge is 0.251 e. The van der Waals surface area contributed by atoms with Crippen LogP contribution >= 0.6 is 0 Å². The van der Waals surface area contributed by atoms with Crippen molar-refractivity contribution < 1.29 is 19.0 Å². The molecule has 0 radical (unpaired) electrons. The molecule has 0 aliphatic heterocycles. The highest BCUT2D eigenvalue weighted by Gasteiger charge is 2.08. The van der Waals surface area contributed by atoms with Crippen molar-refractivity contribution in [2.24, 2.45) is 0 Å². The van der Waals surface area contributed by atoms with Crippen LogP contribution < -0.4 is 14.8 Å². The Morgan fingerprint density at radius 1 is 1.17 bits per heavy atom. The quantitative estimate of drug-likeness (QED) is 0.713. The van der Waals surface area contributed by atoms with E-state index >= 15 is 0 Å². The average molecular weight is 330 g/mol. The van der Waals surface area contributed by atoms with Crippen LogP contribution in [0.2, 0.25) is 0 Å². The molecule has 6 nitrogen and oxygen atoms in total. The minimum absolute atomic E-state index is 0.163. The highest BCUT2D eigenvalue weighted by molar-refractivity contribution is 5.94. The number of methoxy groups -OCH3 is 2. The molecule has 2 aromatic rings.